The smallest absolute Gasteiger partial charge is 0.338 e. The molecule has 28 heavy (non-hydrogen) atoms. The van der Waals surface area contributed by atoms with Crippen LogP contribution in [0.15, 0.2) is 45.2 Å². The van der Waals surface area contributed by atoms with E-state index in [-0.39, 0.29) is 11.9 Å². The van der Waals surface area contributed by atoms with Crippen LogP contribution in [0.4, 0.5) is 0 Å². The van der Waals surface area contributed by atoms with E-state index in [1.807, 2.05) is 13.8 Å². The zero-order chi connectivity index (χ0) is 19.7. The molecule has 4 aromatic rings. The van der Waals surface area contributed by atoms with Gasteiger partial charge in [0.05, 0.1) is 29.7 Å². The lowest BCUT2D eigenvalue weighted by molar-refractivity contribution is 0.0496. The van der Waals surface area contributed by atoms with Crippen molar-refractivity contribution in [2.24, 2.45) is 0 Å². The Hall–Kier alpha value is -3.28. The first-order valence-electron chi connectivity index (χ1n) is 9.35. The average Bonchev–Trinajstić information content (AvgIpc) is 3.24. The molecule has 0 fully saturated rings. The summed E-state index contributed by atoms with van der Waals surface area (Å²) in [6.45, 7) is 4.62. The van der Waals surface area contributed by atoms with Crippen molar-refractivity contribution in [3.05, 3.63) is 47.5 Å². The highest BCUT2D eigenvalue weighted by atomic mass is 16.5. The van der Waals surface area contributed by atoms with Gasteiger partial charge in [-0.25, -0.2) is 9.59 Å². The van der Waals surface area contributed by atoms with Crippen molar-refractivity contribution < 1.29 is 27.9 Å². The van der Waals surface area contributed by atoms with Crippen LogP contribution in [0.25, 0.3) is 33.1 Å². The topological polar surface area (TPSA) is 78.9 Å². The van der Waals surface area contributed by atoms with Gasteiger partial charge in [-0.2, -0.15) is 0 Å². The molecular weight excluding hydrogens is 360 g/mol. The lowest BCUT2D eigenvalue weighted by Gasteiger charge is -2.03. The van der Waals surface area contributed by atoms with Gasteiger partial charge in [0.1, 0.15) is 11.2 Å². The Morgan fingerprint density at radius 1 is 0.786 bits per heavy atom. The SMILES string of the molecule is CCCOC(=O)c1ccc2oc3oc4ccc(C(=O)OCCC)cc4c3c2c1. The summed E-state index contributed by atoms with van der Waals surface area (Å²) in [5, 5.41) is 2.19. The second-order valence-electron chi connectivity index (χ2n) is 6.56. The predicted octanol–water partition coefficient (Wildman–Crippen LogP) is 5.47. The number of carbonyl (C=O) groups excluding carboxylic acids is 2. The summed E-state index contributed by atoms with van der Waals surface area (Å²) in [5.74, 6) is -0.410. The first-order valence-corrected chi connectivity index (χ1v) is 9.35. The highest BCUT2D eigenvalue weighted by molar-refractivity contribution is 6.19. The summed E-state index contributed by atoms with van der Waals surface area (Å²) < 4.78 is 22.0. The number of benzene rings is 2. The Labute approximate surface area is 161 Å². The lowest BCUT2D eigenvalue weighted by Crippen LogP contribution is -2.05. The van der Waals surface area contributed by atoms with E-state index in [1.165, 1.54) is 0 Å². The van der Waals surface area contributed by atoms with E-state index < -0.39 is 0 Å². The van der Waals surface area contributed by atoms with Crippen LogP contribution in [0.1, 0.15) is 47.4 Å². The Kier molecular flexibility index (Phi) is 4.77. The molecule has 2 aromatic carbocycles. The normalized spacial score (nSPS) is 11.4. The van der Waals surface area contributed by atoms with Gasteiger partial charge in [0.2, 0.25) is 0 Å². The van der Waals surface area contributed by atoms with Gasteiger partial charge in [0, 0.05) is 10.8 Å². The molecule has 0 radical (unpaired) electrons. The molecule has 0 unspecified atom stereocenters. The molecule has 6 nitrogen and oxygen atoms in total. The second-order valence-corrected chi connectivity index (χ2v) is 6.56. The molecule has 2 heterocycles. The van der Waals surface area contributed by atoms with Crippen molar-refractivity contribution in [3.63, 3.8) is 0 Å². The van der Waals surface area contributed by atoms with Gasteiger partial charge in [0.15, 0.2) is 0 Å². The minimum absolute atomic E-state index is 0.350. The quantitative estimate of drug-likeness (QED) is 0.413. The summed E-state index contributed by atoms with van der Waals surface area (Å²) in [6.07, 6.45) is 1.51. The zero-order valence-electron chi connectivity index (χ0n) is 15.7. The second kappa shape index (κ2) is 7.38. The van der Waals surface area contributed by atoms with Crippen molar-refractivity contribution in [1.82, 2.24) is 0 Å². The molecule has 0 saturated carbocycles. The van der Waals surface area contributed by atoms with Gasteiger partial charge in [-0.3, -0.25) is 0 Å². The maximum atomic E-state index is 12.2. The number of ether oxygens (including phenoxy) is 2. The van der Waals surface area contributed by atoms with Crippen molar-refractivity contribution in [3.8, 4) is 0 Å². The Morgan fingerprint density at radius 3 is 1.68 bits per heavy atom. The number of carbonyl (C=O) groups is 2. The molecule has 0 saturated heterocycles. The van der Waals surface area contributed by atoms with E-state index in [0.717, 1.165) is 29.0 Å². The number of rotatable bonds is 6. The number of fused-ring (bicyclic) bond motifs is 5. The summed E-state index contributed by atoms with van der Waals surface area (Å²) in [5.41, 5.74) is 2.08. The fourth-order valence-corrected chi connectivity index (χ4v) is 3.13. The van der Waals surface area contributed by atoms with Gasteiger partial charge < -0.3 is 18.3 Å². The van der Waals surface area contributed by atoms with E-state index in [1.54, 1.807) is 36.4 Å². The van der Waals surface area contributed by atoms with Crippen LogP contribution in [0, 0.1) is 0 Å². The predicted molar refractivity (Wildman–Crippen MR) is 105 cm³/mol. The standard InChI is InChI=1S/C22H20O6/c1-3-9-25-20(23)13-5-7-17-15(11-13)19-16-12-14(21(24)26-10-4-2)6-8-18(16)28-22(19)27-17/h5-8,11-12H,3-4,9-10H2,1-2H3. The van der Waals surface area contributed by atoms with Crippen LogP contribution in [-0.4, -0.2) is 25.2 Å². The minimum atomic E-state index is -0.380. The van der Waals surface area contributed by atoms with Crippen LogP contribution < -0.4 is 0 Å². The van der Waals surface area contributed by atoms with Gasteiger partial charge in [-0.1, -0.05) is 13.8 Å². The van der Waals surface area contributed by atoms with Crippen LogP contribution in [0.5, 0.6) is 0 Å². The Morgan fingerprint density at radius 2 is 1.25 bits per heavy atom. The summed E-state index contributed by atoms with van der Waals surface area (Å²) in [6, 6.07) is 10.2. The molecule has 0 aliphatic heterocycles. The van der Waals surface area contributed by atoms with E-state index in [4.69, 9.17) is 18.3 Å². The van der Waals surface area contributed by atoms with Crippen molar-refractivity contribution in [2.75, 3.05) is 13.2 Å². The van der Waals surface area contributed by atoms with Crippen molar-refractivity contribution in [2.45, 2.75) is 26.7 Å². The molecule has 144 valence electrons. The number of hydrogen-bond donors (Lipinski definition) is 0. The first-order chi connectivity index (χ1) is 13.6. The van der Waals surface area contributed by atoms with Gasteiger partial charge in [-0.05, 0) is 49.2 Å². The third-order valence-corrected chi connectivity index (χ3v) is 4.45. The van der Waals surface area contributed by atoms with E-state index in [0.29, 0.717) is 41.3 Å². The van der Waals surface area contributed by atoms with Gasteiger partial charge >= 0.3 is 11.9 Å². The Balaban J connectivity index is 1.83. The highest BCUT2D eigenvalue weighted by Gasteiger charge is 2.19. The molecule has 0 atom stereocenters. The van der Waals surface area contributed by atoms with Crippen molar-refractivity contribution >= 4 is 45.0 Å². The molecule has 2 aromatic heterocycles. The third kappa shape index (κ3) is 3.11. The van der Waals surface area contributed by atoms with Crippen LogP contribution in [-0.2, 0) is 9.47 Å². The average molecular weight is 380 g/mol. The molecule has 0 spiro atoms. The molecule has 0 bridgehead atoms. The summed E-state index contributed by atoms with van der Waals surface area (Å²) in [7, 11) is 0. The molecular formula is C22H20O6. The first kappa shape index (κ1) is 18.1. The van der Waals surface area contributed by atoms with Gasteiger partial charge in [-0.15, -0.1) is 0 Å². The number of hydrogen-bond acceptors (Lipinski definition) is 6. The van der Waals surface area contributed by atoms with Crippen LogP contribution >= 0.6 is 0 Å². The highest BCUT2D eigenvalue weighted by Crippen LogP contribution is 2.37. The lowest BCUT2D eigenvalue weighted by atomic mass is 10.1. The summed E-state index contributed by atoms with van der Waals surface area (Å²) in [4.78, 5) is 24.4. The molecule has 0 aliphatic rings. The molecule has 0 N–H and O–H groups in total. The van der Waals surface area contributed by atoms with E-state index >= 15 is 0 Å². The fraction of sp³-hybridized carbons (Fsp3) is 0.273. The maximum absolute atomic E-state index is 12.2. The fourth-order valence-electron chi connectivity index (χ4n) is 3.13. The number of esters is 2. The van der Waals surface area contributed by atoms with Gasteiger partial charge in [0.25, 0.3) is 5.78 Å². The molecule has 4 rings (SSSR count). The summed E-state index contributed by atoms with van der Waals surface area (Å²) >= 11 is 0. The van der Waals surface area contributed by atoms with Crippen molar-refractivity contribution in [1.29, 1.82) is 0 Å². The van der Waals surface area contributed by atoms with E-state index in [2.05, 4.69) is 0 Å². The van der Waals surface area contributed by atoms with Crippen LogP contribution in [0.3, 0.4) is 0 Å². The monoisotopic (exact) mass is 380 g/mol. The molecule has 0 aliphatic carbocycles. The molecule has 6 heteroatoms. The Bertz CT molecular complexity index is 1090. The minimum Gasteiger partial charge on any atom is -0.462 e. The van der Waals surface area contributed by atoms with E-state index in [9.17, 15) is 9.59 Å². The third-order valence-electron chi connectivity index (χ3n) is 4.45. The zero-order valence-corrected chi connectivity index (χ0v) is 15.7. The largest absolute Gasteiger partial charge is 0.462 e. The maximum Gasteiger partial charge on any atom is 0.338 e. The van der Waals surface area contributed by atoms with Crippen LogP contribution in [0.2, 0.25) is 0 Å². The number of furan rings is 2. The molecule has 0 amide bonds.